The Morgan fingerprint density at radius 3 is 1.87 bits per heavy atom. The van der Waals surface area contributed by atoms with Crippen molar-refractivity contribution in [2.45, 2.75) is 79.4 Å². The Bertz CT molecular complexity index is 1610. The molecular formula is C42H64N6O13. The first kappa shape index (κ1) is 51.9. The molecule has 0 unspecified atom stereocenters. The molecule has 7 amide bonds. The smallest absolute Gasteiger partial charge is 0.312 e. The minimum atomic E-state index is -0.841. The average molecular weight is 861 g/mol. The van der Waals surface area contributed by atoms with Crippen LogP contribution in [0.5, 0.6) is 0 Å². The van der Waals surface area contributed by atoms with E-state index >= 15 is 0 Å². The molecule has 1 aliphatic rings. The van der Waals surface area contributed by atoms with E-state index < -0.39 is 41.1 Å². The van der Waals surface area contributed by atoms with Gasteiger partial charge in [-0.3, -0.25) is 38.5 Å². The van der Waals surface area contributed by atoms with Gasteiger partial charge in [-0.1, -0.05) is 26.0 Å². The largest absolute Gasteiger partial charge is 0.460 e. The number of nitrogens with zero attached hydrogens (tertiary/aromatic N) is 1. The van der Waals surface area contributed by atoms with E-state index in [9.17, 15) is 38.4 Å². The van der Waals surface area contributed by atoms with Crippen LogP contribution in [-0.4, -0.2) is 131 Å². The summed E-state index contributed by atoms with van der Waals surface area (Å²) < 4.78 is 27.2. The Labute approximate surface area is 357 Å². The number of nitrogens with two attached hydrogens (primary N) is 1. The van der Waals surface area contributed by atoms with E-state index in [-0.39, 0.29) is 108 Å². The molecule has 0 spiro atoms. The van der Waals surface area contributed by atoms with Crippen LogP contribution in [0, 0.1) is 17.3 Å². The van der Waals surface area contributed by atoms with Gasteiger partial charge in [-0.05, 0) is 57.2 Å². The highest BCUT2D eigenvalue weighted by Gasteiger charge is 2.30. The Balaban J connectivity index is 1.64. The number of urea groups is 1. The minimum absolute atomic E-state index is 0.00965. The number of imide groups is 1. The van der Waals surface area contributed by atoms with E-state index in [0.717, 1.165) is 10.5 Å². The molecule has 1 aromatic carbocycles. The topological polar surface area (TPSA) is 260 Å². The summed E-state index contributed by atoms with van der Waals surface area (Å²) in [5, 5.41) is 10.8. The van der Waals surface area contributed by atoms with Crippen LogP contribution in [0.15, 0.2) is 36.4 Å². The first-order valence-electron chi connectivity index (χ1n) is 20.5. The van der Waals surface area contributed by atoms with E-state index in [4.69, 9.17) is 29.4 Å². The van der Waals surface area contributed by atoms with E-state index in [1.807, 2.05) is 0 Å². The Morgan fingerprint density at radius 2 is 1.31 bits per heavy atom. The molecule has 0 aromatic heterocycles. The van der Waals surface area contributed by atoms with Gasteiger partial charge in [-0.15, -0.1) is 0 Å². The number of hydrogen-bond donors (Lipinski definition) is 5. The highest BCUT2D eigenvalue weighted by atomic mass is 16.6. The van der Waals surface area contributed by atoms with Crippen LogP contribution < -0.4 is 27.0 Å². The average Bonchev–Trinajstić information content (AvgIpc) is 3.53. The van der Waals surface area contributed by atoms with Gasteiger partial charge in [0.2, 0.25) is 17.7 Å². The molecular weight excluding hydrogens is 796 g/mol. The molecule has 1 heterocycles. The lowest BCUT2D eigenvalue weighted by Crippen LogP contribution is -2.45. The van der Waals surface area contributed by atoms with Gasteiger partial charge in [0.25, 0.3) is 11.8 Å². The summed E-state index contributed by atoms with van der Waals surface area (Å²) in [6.45, 7) is 11.7. The zero-order valence-corrected chi connectivity index (χ0v) is 36.0. The molecule has 1 aromatic rings. The number of ketones is 1. The predicted octanol–water partition coefficient (Wildman–Crippen LogP) is 1.77. The highest BCUT2D eigenvalue weighted by molar-refractivity contribution is 6.13. The number of amides is 7. The van der Waals surface area contributed by atoms with Crippen LogP contribution in [0.1, 0.15) is 72.3 Å². The van der Waals surface area contributed by atoms with Crippen LogP contribution >= 0.6 is 0 Å². The number of Topliss-reactive ketones (excluding diaryl/α,β-unsaturated/α-hetero) is 1. The zero-order valence-electron chi connectivity index (χ0n) is 36.0. The summed E-state index contributed by atoms with van der Waals surface area (Å²) in [5.41, 5.74) is 5.76. The van der Waals surface area contributed by atoms with Crippen LogP contribution in [0.4, 0.5) is 10.5 Å². The van der Waals surface area contributed by atoms with Gasteiger partial charge in [-0.2, -0.15) is 0 Å². The molecule has 1 aliphatic heterocycles. The molecule has 0 saturated carbocycles. The summed E-state index contributed by atoms with van der Waals surface area (Å²) >= 11 is 0. The monoisotopic (exact) mass is 860 g/mol. The van der Waals surface area contributed by atoms with Crippen LogP contribution in [0.2, 0.25) is 0 Å². The maximum Gasteiger partial charge on any atom is 0.312 e. The van der Waals surface area contributed by atoms with Gasteiger partial charge >= 0.3 is 12.0 Å². The molecule has 19 nitrogen and oxygen atoms in total. The van der Waals surface area contributed by atoms with Crippen LogP contribution in [-0.2, 0) is 63.9 Å². The minimum Gasteiger partial charge on any atom is -0.460 e. The molecule has 2 rings (SSSR count). The van der Waals surface area contributed by atoms with Crippen molar-refractivity contribution in [2.24, 2.45) is 23.0 Å². The number of carbonyl (C=O) groups is 8. The zero-order chi connectivity index (χ0) is 45.2. The van der Waals surface area contributed by atoms with Gasteiger partial charge in [0.15, 0.2) is 5.78 Å². The maximum absolute atomic E-state index is 13.5. The molecule has 0 bridgehead atoms. The standard InChI is InChI=1S/C42H64N6O13/c1-29(2)38(33(49)27-31(7-6-16-45-41(43)56)39(54)46-32-10-8-30(9-11-32)28-61-40(55)42(3,4)5)47-35(51)15-19-57-21-23-59-25-26-60-24-22-58-20-17-44-34(50)14-18-48-36(52)12-13-37(48)53/h8-13,29,31,38H,6-7,14-28H2,1-5H3,(H,44,50)(H,46,54)(H,47,51)(H3,43,45,56)/t31-,38+/m1/s1. The van der Waals surface area contributed by atoms with Crippen molar-refractivity contribution in [1.82, 2.24) is 20.9 Å². The highest BCUT2D eigenvalue weighted by Crippen LogP contribution is 2.21. The molecule has 6 N–H and O–H groups in total. The molecule has 19 heteroatoms. The first-order chi connectivity index (χ1) is 29.0. The second-order valence-electron chi connectivity index (χ2n) is 15.6. The Kier molecular flexibility index (Phi) is 24.1. The number of anilines is 1. The fraction of sp³-hybridized carbons (Fsp3) is 0.619. The number of hydrogen-bond acceptors (Lipinski definition) is 13. The van der Waals surface area contributed by atoms with E-state index in [2.05, 4.69) is 21.3 Å². The number of carbonyl (C=O) groups excluding carboxylic acids is 8. The number of nitrogens with one attached hydrogen (secondary N) is 4. The van der Waals surface area contributed by atoms with Crippen molar-refractivity contribution < 1.29 is 62.0 Å². The summed E-state index contributed by atoms with van der Waals surface area (Å²) in [7, 11) is 0. The summed E-state index contributed by atoms with van der Waals surface area (Å²) in [6, 6.07) is 5.27. The normalized spacial score (nSPS) is 13.5. The van der Waals surface area contributed by atoms with Gasteiger partial charge in [0, 0.05) is 62.7 Å². The lowest BCUT2D eigenvalue weighted by Gasteiger charge is -2.24. The van der Waals surface area contributed by atoms with Gasteiger partial charge < -0.3 is 50.7 Å². The van der Waals surface area contributed by atoms with E-state index in [1.165, 1.54) is 12.2 Å². The second kappa shape index (κ2) is 28.3. The van der Waals surface area contributed by atoms with Crippen molar-refractivity contribution in [3.63, 3.8) is 0 Å². The van der Waals surface area contributed by atoms with E-state index in [0.29, 0.717) is 38.5 Å². The van der Waals surface area contributed by atoms with Crippen molar-refractivity contribution in [3.05, 3.63) is 42.0 Å². The maximum atomic E-state index is 13.5. The summed E-state index contributed by atoms with van der Waals surface area (Å²) in [5.74, 6) is -3.59. The molecule has 0 saturated heterocycles. The second-order valence-corrected chi connectivity index (χ2v) is 15.6. The third-order valence-electron chi connectivity index (χ3n) is 9.00. The molecule has 0 aliphatic carbocycles. The number of benzene rings is 1. The third-order valence-corrected chi connectivity index (χ3v) is 9.00. The first-order valence-corrected chi connectivity index (χ1v) is 20.5. The van der Waals surface area contributed by atoms with Gasteiger partial charge in [0.1, 0.15) is 6.61 Å². The quantitative estimate of drug-likeness (QED) is 0.0406. The molecule has 61 heavy (non-hydrogen) atoms. The van der Waals surface area contributed by atoms with Crippen LogP contribution in [0.3, 0.4) is 0 Å². The molecule has 2 atom stereocenters. The van der Waals surface area contributed by atoms with Crippen LogP contribution in [0.25, 0.3) is 0 Å². The number of primary amides is 1. The lowest BCUT2D eigenvalue weighted by molar-refractivity contribution is -0.154. The SMILES string of the molecule is CC(C)[C@H](NC(=O)CCOCCOCCOCCOCCNC(=O)CCN1C(=O)C=CC1=O)C(=O)C[C@@H](CCCNC(N)=O)C(=O)Nc1ccc(COC(=O)C(C)(C)C)cc1. The van der Waals surface area contributed by atoms with Crippen molar-refractivity contribution in [2.75, 3.05) is 77.8 Å². The van der Waals surface area contributed by atoms with Gasteiger partial charge in [-0.25, -0.2) is 4.79 Å². The van der Waals surface area contributed by atoms with Crippen molar-refractivity contribution in [3.8, 4) is 0 Å². The molecule has 0 fully saturated rings. The Morgan fingerprint density at radius 1 is 0.738 bits per heavy atom. The fourth-order valence-corrected chi connectivity index (χ4v) is 5.56. The Hall–Kier alpha value is -5.24. The summed E-state index contributed by atoms with van der Waals surface area (Å²) in [6.07, 6.45) is 2.87. The number of rotatable bonds is 31. The molecule has 340 valence electrons. The third kappa shape index (κ3) is 22.3. The van der Waals surface area contributed by atoms with E-state index in [1.54, 1.807) is 58.9 Å². The number of ether oxygens (including phenoxy) is 5. The lowest BCUT2D eigenvalue weighted by atomic mass is 9.89. The summed E-state index contributed by atoms with van der Waals surface area (Å²) in [4.78, 5) is 98.9. The molecule has 0 radical (unpaired) electrons. The number of esters is 1. The van der Waals surface area contributed by atoms with Crippen molar-refractivity contribution >= 4 is 53.0 Å². The predicted molar refractivity (Wildman–Crippen MR) is 222 cm³/mol. The van der Waals surface area contributed by atoms with Gasteiger partial charge in [0.05, 0.1) is 64.3 Å². The fourth-order valence-electron chi connectivity index (χ4n) is 5.56. The van der Waals surface area contributed by atoms with Crippen molar-refractivity contribution in [1.29, 1.82) is 0 Å².